The van der Waals surface area contributed by atoms with Crippen LogP contribution in [0.4, 0.5) is 13.9 Å². The molecule has 2 fully saturated rings. The van der Waals surface area contributed by atoms with Gasteiger partial charge in [-0.3, -0.25) is 10.1 Å². The standard InChI is InChI=1S/C25H24F2N2O4S2/c1-33-16-4-9-22-23(13-16)34-25(28-22)29-24(30)19(10-14-11-20(26)21(27)12-14)15-2-5-17(6-3-15)35(31,32)18-7-8-18/h2-6,9-10,13-14,18,20-21H,7-8,11-12H2,1H3,(H,28,29,30)/b19-10+/t14-,20+,21-. The van der Waals surface area contributed by atoms with E-state index in [1.54, 1.807) is 37.5 Å². The third-order valence-corrected chi connectivity index (χ3v) is 9.58. The first-order chi connectivity index (χ1) is 16.7. The van der Waals surface area contributed by atoms with Crippen LogP contribution >= 0.6 is 11.3 Å². The van der Waals surface area contributed by atoms with Gasteiger partial charge < -0.3 is 4.74 Å². The molecule has 2 aromatic carbocycles. The Morgan fingerprint density at radius 3 is 2.43 bits per heavy atom. The molecule has 184 valence electrons. The number of aromatic nitrogens is 1. The van der Waals surface area contributed by atoms with E-state index < -0.39 is 34.0 Å². The zero-order chi connectivity index (χ0) is 24.7. The van der Waals surface area contributed by atoms with E-state index >= 15 is 0 Å². The summed E-state index contributed by atoms with van der Waals surface area (Å²) in [4.78, 5) is 18.0. The number of carbonyl (C=O) groups is 1. The Bertz CT molecular complexity index is 1390. The quantitative estimate of drug-likeness (QED) is 0.426. The molecule has 2 saturated carbocycles. The van der Waals surface area contributed by atoms with Crippen molar-refractivity contribution in [1.29, 1.82) is 0 Å². The zero-order valence-corrected chi connectivity index (χ0v) is 20.5. The maximum Gasteiger partial charge on any atom is 0.257 e. The first kappa shape index (κ1) is 23.9. The molecule has 0 saturated heterocycles. The number of thiazole rings is 1. The summed E-state index contributed by atoms with van der Waals surface area (Å²) in [6, 6.07) is 11.5. The molecule has 35 heavy (non-hydrogen) atoms. The SMILES string of the molecule is COc1ccc2nc(NC(=O)/C(=C/[C@H]3C[C@@H](F)[C@@H](F)C3)c3ccc(S(=O)(=O)C4CC4)cc3)sc2c1. The number of nitrogens with zero attached hydrogens (tertiary/aromatic N) is 1. The average molecular weight is 519 g/mol. The molecule has 5 rings (SSSR count). The van der Waals surface area contributed by atoms with Gasteiger partial charge in [-0.05, 0) is 67.5 Å². The Morgan fingerprint density at radius 1 is 1.11 bits per heavy atom. The van der Waals surface area contributed by atoms with Gasteiger partial charge in [0, 0.05) is 5.57 Å². The van der Waals surface area contributed by atoms with Gasteiger partial charge in [0.05, 0.1) is 27.5 Å². The molecule has 3 aromatic rings. The topological polar surface area (TPSA) is 85.4 Å². The summed E-state index contributed by atoms with van der Waals surface area (Å²) in [7, 11) is -1.81. The minimum atomic E-state index is -3.37. The van der Waals surface area contributed by atoms with E-state index in [0.29, 0.717) is 34.8 Å². The molecule has 1 amide bonds. The van der Waals surface area contributed by atoms with E-state index in [2.05, 4.69) is 10.3 Å². The second-order valence-corrected chi connectivity index (χ2v) is 12.2. The van der Waals surface area contributed by atoms with E-state index in [4.69, 9.17) is 4.74 Å². The van der Waals surface area contributed by atoms with E-state index in [1.165, 1.54) is 23.5 Å². The van der Waals surface area contributed by atoms with Crippen molar-refractivity contribution in [2.24, 2.45) is 5.92 Å². The predicted molar refractivity (Wildman–Crippen MR) is 132 cm³/mol. The molecule has 0 spiro atoms. The Kier molecular flexibility index (Phi) is 6.35. The van der Waals surface area contributed by atoms with Crippen molar-refractivity contribution < 1.29 is 26.7 Å². The second-order valence-electron chi connectivity index (χ2n) is 8.92. The summed E-state index contributed by atoms with van der Waals surface area (Å²) in [6.45, 7) is 0. The highest BCUT2D eigenvalue weighted by atomic mass is 32.2. The number of allylic oxidation sites excluding steroid dienone is 1. The van der Waals surface area contributed by atoms with Crippen LogP contribution in [-0.2, 0) is 14.6 Å². The maximum atomic E-state index is 13.8. The molecule has 2 aliphatic carbocycles. The highest BCUT2D eigenvalue weighted by Gasteiger charge is 2.37. The minimum absolute atomic E-state index is 0.00692. The van der Waals surface area contributed by atoms with Crippen molar-refractivity contribution >= 4 is 48.0 Å². The Labute approximate surface area is 205 Å². The summed E-state index contributed by atoms with van der Waals surface area (Å²) in [5.74, 6) is -0.259. The summed E-state index contributed by atoms with van der Waals surface area (Å²) in [6.07, 6.45) is -0.246. The molecule has 6 nitrogen and oxygen atoms in total. The normalized spacial score (nSPS) is 22.9. The van der Waals surface area contributed by atoms with Crippen LogP contribution in [0.1, 0.15) is 31.2 Å². The van der Waals surface area contributed by atoms with Gasteiger partial charge in [0.1, 0.15) is 18.1 Å². The molecule has 10 heteroatoms. The van der Waals surface area contributed by atoms with Crippen molar-refractivity contribution in [2.45, 2.75) is 48.2 Å². The molecular weight excluding hydrogens is 494 g/mol. The fraction of sp³-hybridized carbons (Fsp3) is 0.360. The molecule has 0 bridgehead atoms. The number of anilines is 1. The lowest BCUT2D eigenvalue weighted by atomic mass is 9.98. The number of alkyl halides is 2. The van der Waals surface area contributed by atoms with Gasteiger partial charge in [0.15, 0.2) is 15.0 Å². The molecule has 0 unspecified atom stereocenters. The third-order valence-electron chi connectivity index (χ3n) is 6.37. The van der Waals surface area contributed by atoms with Gasteiger partial charge in [0.2, 0.25) is 0 Å². The number of hydrogen-bond acceptors (Lipinski definition) is 6. The number of carbonyl (C=O) groups excluding carboxylic acids is 1. The first-order valence-electron chi connectivity index (χ1n) is 11.3. The fourth-order valence-corrected chi connectivity index (χ4v) is 6.84. The van der Waals surface area contributed by atoms with Crippen LogP contribution in [0.2, 0.25) is 0 Å². The number of fused-ring (bicyclic) bond motifs is 1. The van der Waals surface area contributed by atoms with Gasteiger partial charge in [-0.2, -0.15) is 0 Å². The van der Waals surface area contributed by atoms with E-state index in [0.717, 1.165) is 4.70 Å². The van der Waals surface area contributed by atoms with Crippen LogP contribution < -0.4 is 10.1 Å². The Hall–Kier alpha value is -2.85. The van der Waals surface area contributed by atoms with E-state index in [9.17, 15) is 22.0 Å². The number of halogens is 2. The van der Waals surface area contributed by atoms with Crippen molar-refractivity contribution in [2.75, 3.05) is 12.4 Å². The zero-order valence-electron chi connectivity index (χ0n) is 18.9. The minimum Gasteiger partial charge on any atom is -0.497 e. The van der Waals surface area contributed by atoms with E-state index in [1.807, 2.05) is 6.07 Å². The molecule has 3 atom stereocenters. The maximum absolute atomic E-state index is 13.8. The fourth-order valence-electron chi connectivity index (χ4n) is 4.29. The van der Waals surface area contributed by atoms with Crippen molar-refractivity contribution in [3.63, 3.8) is 0 Å². The number of ether oxygens (including phenoxy) is 1. The van der Waals surface area contributed by atoms with Crippen LogP contribution in [0.25, 0.3) is 15.8 Å². The number of rotatable bonds is 7. The Morgan fingerprint density at radius 2 is 1.80 bits per heavy atom. The van der Waals surface area contributed by atoms with Crippen molar-refractivity contribution in [3.8, 4) is 5.75 Å². The van der Waals surface area contributed by atoms with Gasteiger partial charge in [0.25, 0.3) is 5.91 Å². The number of hydrogen-bond donors (Lipinski definition) is 1. The van der Waals surface area contributed by atoms with Crippen LogP contribution in [0, 0.1) is 5.92 Å². The number of sulfone groups is 1. The molecule has 1 heterocycles. The summed E-state index contributed by atoms with van der Waals surface area (Å²) in [5, 5.41) is 2.82. The lowest BCUT2D eigenvalue weighted by Crippen LogP contribution is -2.15. The van der Waals surface area contributed by atoms with Gasteiger partial charge in [-0.15, -0.1) is 0 Å². The molecule has 1 N–H and O–H groups in total. The molecule has 1 aromatic heterocycles. The lowest BCUT2D eigenvalue weighted by Gasteiger charge is -2.12. The number of amides is 1. The van der Waals surface area contributed by atoms with Crippen LogP contribution in [0.5, 0.6) is 5.75 Å². The van der Waals surface area contributed by atoms with Crippen LogP contribution in [0.3, 0.4) is 0 Å². The second kappa shape index (κ2) is 9.31. The summed E-state index contributed by atoms with van der Waals surface area (Å²) < 4.78 is 58.8. The number of benzene rings is 2. The molecule has 0 radical (unpaired) electrons. The summed E-state index contributed by atoms with van der Waals surface area (Å²) >= 11 is 1.28. The predicted octanol–water partition coefficient (Wildman–Crippen LogP) is 5.35. The molecular formula is C25H24F2N2O4S2. The number of methoxy groups -OCH3 is 1. The van der Waals surface area contributed by atoms with Crippen molar-refractivity contribution in [3.05, 3.63) is 54.1 Å². The average Bonchev–Trinajstić information content (AvgIpc) is 3.56. The third kappa shape index (κ3) is 4.95. The Balaban J connectivity index is 1.45. The lowest BCUT2D eigenvalue weighted by molar-refractivity contribution is -0.111. The smallest absolute Gasteiger partial charge is 0.257 e. The summed E-state index contributed by atoms with van der Waals surface area (Å²) in [5.41, 5.74) is 1.39. The van der Waals surface area contributed by atoms with E-state index in [-0.39, 0.29) is 28.6 Å². The van der Waals surface area contributed by atoms with Crippen LogP contribution in [-0.4, -0.2) is 44.0 Å². The highest BCUT2D eigenvalue weighted by Crippen LogP contribution is 2.36. The molecule has 0 aliphatic heterocycles. The number of nitrogens with one attached hydrogen (secondary N) is 1. The van der Waals surface area contributed by atoms with Crippen LogP contribution in [0.15, 0.2) is 53.4 Å². The van der Waals surface area contributed by atoms with Gasteiger partial charge in [-0.1, -0.05) is 29.5 Å². The largest absolute Gasteiger partial charge is 0.497 e. The molecule has 2 aliphatic rings. The van der Waals surface area contributed by atoms with Gasteiger partial charge >= 0.3 is 0 Å². The monoisotopic (exact) mass is 518 g/mol. The highest BCUT2D eigenvalue weighted by molar-refractivity contribution is 7.92. The van der Waals surface area contributed by atoms with Crippen molar-refractivity contribution in [1.82, 2.24) is 4.98 Å². The first-order valence-corrected chi connectivity index (χ1v) is 13.7. The van der Waals surface area contributed by atoms with Gasteiger partial charge in [-0.25, -0.2) is 22.2 Å².